The van der Waals surface area contributed by atoms with Crippen LogP contribution in [0, 0.1) is 13.8 Å². The summed E-state index contributed by atoms with van der Waals surface area (Å²) < 4.78 is 5.15. The van der Waals surface area contributed by atoms with Crippen molar-refractivity contribution in [3.05, 3.63) is 44.5 Å². The summed E-state index contributed by atoms with van der Waals surface area (Å²) in [5, 5.41) is 3.43. The highest BCUT2D eigenvalue weighted by Gasteiger charge is 2.15. The number of H-pyrrole nitrogens is 1. The molecule has 0 bridgehead atoms. The molecule has 1 amide bonds. The first kappa shape index (κ1) is 16.4. The number of carbonyl (C=O) groups excluding carboxylic acids is 1. The number of aryl methyl sites for hydroxylation is 3. The van der Waals surface area contributed by atoms with Gasteiger partial charge < -0.3 is 14.7 Å². The Bertz CT molecular complexity index is 954. The Hall–Kier alpha value is -2.48. The summed E-state index contributed by atoms with van der Waals surface area (Å²) in [6.07, 6.45) is 2.31. The third kappa shape index (κ3) is 2.96. The molecule has 3 heterocycles. The van der Waals surface area contributed by atoms with Gasteiger partial charge in [-0.15, -0.1) is 11.3 Å². The van der Waals surface area contributed by atoms with Crippen LogP contribution in [0.15, 0.2) is 15.6 Å². The molecule has 0 saturated heterocycles. The van der Waals surface area contributed by atoms with Crippen LogP contribution in [0.4, 0.5) is 0 Å². The van der Waals surface area contributed by atoms with Crippen LogP contribution in [0.2, 0.25) is 0 Å². The number of amides is 1. The van der Waals surface area contributed by atoms with E-state index in [1.54, 1.807) is 0 Å². The van der Waals surface area contributed by atoms with Crippen molar-refractivity contribution in [2.75, 3.05) is 6.54 Å². The topological polar surface area (TPSA) is 101 Å². The molecule has 0 fully saturated rings. The van der Waals surface area contributed by atoms with Crippen LogP contribution in [0.5, 0.6) is 0 Å². The number of oxazole rings is 1. The average molecular weight is 346 g/mol. The summed E-state index contributed by atoms with van der Waals surface area (Å²) in [6.45, 7) is 6.15. The van der Waals surface area contributed by atoms with Crippen LogP contribution in [-0.4, -0.2) is 27.4 Å². The highest BCUT2D eigenvalue weighted by atomic mass is 32.1. The fraction of sp³-hybridized carbons (Fsp3) is 0.375. The lowest BCUT2D eigenvalue weighted by Crippen LogP contribution is -2.27. The molecule has 7 nitrogen and oxygen atoms in total. The van der Waals surface area contributed by atoms with Gasteiger partial charge in [-0.25, -0.2) is 9.97 Å². The number of nitrogens with zero attached hydrogens (tertiary/aromatic N) is 2. The second-order valence-electron chi connectivity index (χ2n) is 5.46. The number of fused-ring (bicyclic) bond motifs is 1. The molecule has 3 aromatic rings. The number of rotatable bonds is 5. The summed E-state index contributed by atoms with van der Waals surface area (Å²) in [4.78, 5) is 37.3. The largest absolute Gasteiger partial charge is 0.448 e. The number of aromatic amines is 1. The number of nitrogens with one attached hydrogen (secondary N) is 2. The van der Waals surface area contributed by atoms with Gasteiger partial charge in [-0.1, -0.05) is 6.92 Å². The van der Waals surface area contributed by atoms with Crippen molar-refractivity contribution in [1.29, 1.82) is 0 Å². The third-order valence-electron chi connectivity index (χ3n) is 3.91. The second kappa shape index (κ2) is 6.56. The highest BCUT2D eigenvalue weighted by molar-refractivity contribution is 7.18. The zero-order valence-electron chi connectivity index (χ0n) is 13.7. The molecule has 0 atom stereocenters. The Labute approximate surface area is 142 Å². The number of aromatic nitrogens is 3. The molecule has 0 radical (unpaired) electrons. The molecular weight excluding hydrogens is 328 g/mol. The van der Waals surface area contributed by atoms with Crippen LogP contribution in [-0.2, 0) is 12.8 Å². The second-order valence-corrected chi connectivity index (χ2v) is 6.66. The van der Waals surface area contributed by atoms with Gasteiger partial charge >= 0.3 is 0 Å². The molecule has 0 aliphatic heterocycles. The molecule has 0 saturated carbocycles. The minimum atomic E-state index is -0.285. The van der Waals surface area contributed by atoms with Gasteiger partial charge in [0, 0.05) is 24.3 Å². The number of hydrogen-bond donors (Lipinski definition) is 2. The fourth-order valence-electron chi connectivity index (χ4n) is 2.50. The van der Waals surface area contributed by atoms with Crippen molar-refractivity contribution in [3.8, 4) is 0 Å². The maximum absolute atomic E-state index is 12.2. The van der Waals surface area contributed by atoms with Crippen molar-refractivity contribution >= 4 is 27.5 Å². The minimum Gasteiger partial charge on any atom is -0.448 e. The normalized spacial score (nSPS) is 11.1. The summed E-state index contributed by atoms with van der Waals surface area (Å²) >= 11 is 1.51. The molecule has 126 valence electrons. The smallest absolute Gasteiger partial charge is 0.273 e. The predicted molar refractivity (Wildman–Crippen MR) is 91.6 cm³/mol. The van der Waals surface area contributed by atoms with E-state index < -0.39 is 0 Å². The van der Waals surface area contributed by atoms with Crippen molar-refractivity contribution in [1.82, 2.24) is 20.3 Å². The maximum atomic E-state index is 12.2. The Morgan fingerprint density at radius 1 is 1.42 bits per heavy atom. The third-order valence-corrected chi connectivity index (χ3v) is 5.01. The first-order valence-electron chi connectivity index (χ1n) is 7.70. The summed E-state index contributed by atoms with van der Waals surface area (Å²) in [5.41, 5.74) is 1.15. The van der Waals surface area contributed by atoms with E-state index in [0.717, 1.165) is 15.3 Å². The van der Waals surface area contributed by atoms with Crippen molar-refractivity contribution < 1.29 is 9.21 Å². The monoisotopic (exact) mass is 346 g/mol. The van der Waals surface area contributed by atoms with E-state index >= 15 is 0 Å². The summed E-state index contributed by atoms with van der Waals surface area (Å²) in [5.74, 6) is 0.835. The maximum Gasteiger partial charge on any atom is 0.273 e. The molecule has 2 N–H and O–H groups in total. The molecule has 24 heavy (non-hydrogen) atoms. The SMILES string of the molecule is CCc1ocnc1C(=O)NCCc1nc2sc(C)c(C)c2c(=O)[nH]1. The Kier molecular flexibility index (Phi) is 4.48. The lowest BCUT2D eigenvalue weighted by Gasteiger charge is -2.04. The lowest BCUT2D eigenvalue weighted by molar-refractivity contribution is 0.0947. The van der Waals surface area contributed by atoms with Crippen LogP contribution in [0.3, 0.4) is 0 Å². The zero-order chi connectivity index (χ0) is 17.3. The van der Waals surface area contributed by atoms with Crippen LogP contribution < -0.4 is 10.9 Å². The van der Waals surface area contributed by atoms with Crippen molar-refractivity contribution in [2.45, 2.75) is 33.6 Å². The van der Waals surface area contributed by atoms with Gasteiger partial charge in [0.1, 0.15) is 16.4 Å². The summed E-state index contributed by atoms with van der Waals surface area (Å²) in [6, 6.07) is 0. The molecule has 0 aliphatic carbocycles. The first-order valence-corrected chi connectivity index (χ1v) is 8.52. The molecular formula is C16H18N4O3S. The molecule has 0 aromatic carbocycles. The van der Waals surface area contributed by atoms with Gasteiger partial charge in [-0.2, -0.15) is 0 Å². The van der Waals surface area contributed by atoms with Crippen molar-refractivity contribution in [2.24, 2.45) is 0 Å². The lowest BCUT2D eigenvalue weighted by atomic mass is 10.2. The molecule has 0 aliphatic rings. The highest BCUT2D eigenvalue weighted by Crippen LogP contribution is 2.25. The molecule has 8 heteroatoms. The van der Waals surface area contributed by atoms with Gasteiger partial charge in [0.25, 0.3) is 11.5 Å². The predicted octanol–water partition coefficient (Wildman–Crippen LogP) is 2.12. The van der Waals surface area contributed by atoms with E-state index in [0.29, 0.717) is 42.1 Å². The van der Waals surface area contributed by atoms with E-state index in [9.17, 15) is 9.59 Å². The van der Waals surface area contributed by atoms with E-state index in [1.807, 2.05) is 20.8 Å². The van der Waals surface area contributed by atoms with Gasteiger partial charge in [0.2, 0.25) is 0 Å². The van der Waals surface area contributed by atoms with E-state index in [1.165, 1.54) is 17.7 Å². The Morgan fingerprint density at radius 3 is 2.96 bits per heavy atom. The van der Waals surface area contributed by atoms with Gasteiger partial charge in [0.05, 0.1) is 5.39 Å². The fourth-order valence-corrected chi connectivity index (χ4v) is 3.55. The van der Waals surface area contributed by atoms with Gasteiger partial charge in [-0.3, -0.25) is 9.59 Å². The van der Waals surface area contributed by atoms with E-state index in [-0.39, 0.29) is 11.5 Å². The molecule has 0 unspecified atom stereocenters. The van der Waals surface area contributed by atoms with Crippen LogP contribution >= 0.6 is 11.3 Å². The van der Waals surface area contributed by atoms with Crippen LogP contribution in [0.1, 0.15) is 39.4 Å². The van der Waals surface area contributed by atoms with E-state index in [2.05, 4.69) is 20.3 Å². The van der Waals surface area contributed by atoms with Gasteiger partial charge in [-0.05, 0) is 19.4 Å². The van der Waals surface area contributed by atoms with Crippen molar-refractivity contribution in [3.63, 3.8) is 0 Å². The van der Waals surface area contributed by atoms with Crippen LogP contribution in [0.25, 0.3) is 10.2 Å². The average Bonchev–Trinajstić information content (AvgIpc) is 3.12. The molecule has 3 rings (SSSR count). The first-order chi connectivity index (χ1) is 11.5. The minimum absolute atomic E-state index is 0.132. The molecule has 0 spiro atoms. The summed E-state index contributed by atoms with van der Waals surface area (Å²) in [7, 11) is 0. The van der Waals surface area contributed by atoms with Gasteiger partial charge in [0.15, 0.2) is 12.1 Å². The quantitative estimate of drug-likeness (QED) is 0.737. The zero-order valence-corrected chi connectivity index (χ0v) is 14.5. The van der Waals surface area contributed by atoms with E-state index in [4.69, 9.17) is 4.42 Å². The Morgan fingerprint density at radius 2 is 2.21 bits per heavy atom. The molecule has 3 aromatic heterocycles. The number of carbonyl (C=O) groups is 1. The standard InChI is InChI=1S/C16H18N4O3S/c1-4-10-13(18-7-23-10)15(22)17-6-5-11-19-14(21)12-8(2)9(3)24-16(12)20-11/h7H,4-6H2,1-3H3,(H,17,22)(H,19,20,21). The Balaban J connectivity index is 1.70. The number of hydrogen-bond acceptors (Lipinski definition) is 6. The number of thiophene rings is 1.